The van der Waals surface area contributed by atoms with E-state index in [0.29, 0.717) is 44.7 Å². The van der Waals surface area contributed by atoms with Gasteiger partial charge in [0.2, 0.25) is 17.7 Å². The second-order valence-electron chi connectivity index (χ2n) is 27.4. The van der Waals surface area contributed by atoms with Crippen LogP contribution in [0.2, 0.25) is 0 Å². The number of ether oxygens (including phenoxy) is 2. The highest BCUT2D eigenvalue weighted by atomic mass is 16.5. The number of pyridine rings is 5. The van der Waals surface area contributed by atoms with E-state index in [0.717, 1.165) is 58.2 Å². The van der Waals surface area contributed by atoms with E-state index >= 15 is 0 Å². The fourth-order valence-corrected chi connectivity index (χ4v) is 13.1. The molecule has 1 aliphatic carbocycles. The molecule has 21 nitrogen and oxygen atoms in total. The Bertz CT molecular complexity index is 4470. The zero-order chi connectivity index (χ0) is 72.1. The minimum Gasteiger partial charge on any atom is -0.490 e. The summed E-state index contributed by atoms with van der Waals surface area (Å²) in [5.41, 5.74) is 8.65. The number of hydrogen-bond acceptors (Lipinski definition) is 13. The van der Waals surface area contributed by atoms with Gasteiger partial charge in [-0.15, -0.1) is 0 Å². The molecule has 0 aliphatic heterocycles. The number of carboxylic acid groups (broad SMARTS) is 2. The van der Waals surface area contributed by atoms with Crippen LogP contribution in [0.15, 0.2) is 167 Å². The number of nitrogens with zero attached hydrogens (tertiary/aromatic N) is 5. The Hall–Kier alpha value is -10.6. The van der Waals surface area contributed by atoms with Gasteiger partial charge in [-0.25, -0.2) is 0 Å². The molecule has 3 aromatic carbocycles. The normalized spacial score (nSPS) is 14.4. The molecule has 1 saturated carbocycles. The van der Waals surface area contributed by atoms with Crippen molar-refractivity contribution in [2.75, 3.05) is 6.61 Å². The molecule has 8 aromatic rings. The molecule has 3 amide bonds. The van der Waals surface area contributed by atoms with Gasteiger partial charge in [0.1, 0.15) is 23.9 Å². The van der Waals surface area contributed by atoms with E-state index in [2.05, 4.69) is 25.9 Å². The first kappa shape index (κ1) is 73.7. The van der Waals surface area contributed by atoms with E-state index in [1.165, 1.54) is 56.6 Å². The minimum atomic E-state index is -1.19. The van der Waals surface area contributed by atoms with Crippen LogP contribution in [0.25, 0.3) is 33.4 Å². The summed E-state index contributed by atoms with van der Waals surface area (Å²) in [6.45, 7) is 18.8. The first-order valence-corrected chi connectivity index (χ1v) is 34.1. The molecule has 1 aliphatic rings. The summed E-state index contributed by atoms with van der Waals surface area (Å²) in [5.74, 6) is -4.80. The number of carboxylic acids is 2. The van der Waals surface area contributed by atoms with E-state index in [4.69, 9.17) is 9.47 Å². The molecule has 21 heteroatoms. The van der Waals surface area contributed by atoms with Gasteiger partial charge in [-0.05, 0) is 200 Å². The van der Waals surface area contributed by atoms with E-state index in [-0.39, 0.29) is 49.4 Å². The van der Waals surface area contributed by atoms with Crippen LogP contribution in [0.4, 0.5) is 0 Å². The number of aryl methyl sites for hydroxylation is 4. The number of aliphatic carboxylic acids is 2. The number of carbonyl (C=O) groups is 6. The maximum absolute atomic E-state index is 14.9. The summed E-state index contributed by atoms with van der Waals surface area (Å²) in [6, 6.07) is 25.0. The van der Waals surface area contributed by atoms with E-state index in [1.54, 1.807) is 81.1 Å². The van der Waals surface area contributed by atoms with Gasteiger partial charge in [-0.3, -0.25) is 53.1 Å². The van der Waals surface area contributed by atoms with E-state index in [1.807, 2.05) is 97.9 Å². The first-order valence-electron chi connectivity index (χ1n) is 34.1. The van der Waals surface area contributed by atoms with Crippen molar-refractivity contribution in [2.24, 2.45) is 17.8 Å². The monoisotopic (exact) mass is 1360 g/mol. The van der Waals surface area contributed by atoms with Gasteiger partial charge < -0.3 is 49.3 Å². The highest BCUT2D eigenvalue weighted by Gasteiger charge is 2.33. The Morgan fingerprint density at radius 1 is 0.510 bits per heavy atom. The molecular weight excluding hydrogens is 1270 g/mol. The van der Waals surface area contributed by atoms with Gasteiger partial charge in [0.15, 0.2) is 0 Å². The van der Waals surface area contributed by atoms with Gasteiger partial charge in [-0.1, -0.05) is 83.1 Å². The second-order valence-corrected chi connectivity index (χ2v) is 27.4. The molecule has 7 atom stereocenters. The Morgan fingerprint density at radius 3 is 1.57 bits per heavy atom. The van der Waals surface area contributed by atoms with Crippen LogP contribution in [-0.4, -0.2) is 82.2 Å². The standard InChI is InChI=1S/C79H90N8O13/c1-46(2)30-66(86-28-25-48(5)33-70(86)89)78(97)84-65(40-74(95)99-45-49(6)32-68(85-27-12-11-22-69(85)88)79(98)83-64(39-73(93)94)56-34-58(43-80-41-56)75-50(7)16-13-17-51(75)8)57-35-59(44-81-42-57)76-52(9)23-24-62(53(76)10)54-26-29-87(71(90)37-54)67(31-47(3)4)77(96)82-63(38-72(91)92)55-18-14-21-61(36-55)100-60-19-15-20-60/h11-14,16-18,21-29,33-37,41-44,46-47,49,60,63-68H,15,19-20,30-32,38-40,45H2,1-10H3,(H,82,96)(H,83,98)(H,84,97)(H,91,92)(H,93,94)/t49?,63-,64+,65-,66-,67?,68+/m0/s1. The number of aromatic nitrogens is 5. The van der Waals surface area contributed by atoms with Crippen molar-refractivity contribution in [1.82, 2.24) is 39.6 Å². The van der Waals surface area contributed by atoms with Crippen molar-refractivity contribution in [1.29, 1.82) is 0 Å². The molecule has 5 aromatic heterocycles. The molecule has 2 unspecified atom stereocenters. The van der Waals surface area contributed by atoms with Crippen molar-refractivity contribution in [2.45, 2.75) is 169 Å². The number of nitrogens with one attached hydrogen (secondary N) is 3. The topological polar surface area (TPSA) is 289 Å². The average Bonchev–Trinajstić information content (AvgIpc) is 0.816. The van der Waals surface area contributed by atoms with Crippen LogP contribution < -0.4 is 37.4 Å². The number of amides is 3. The maximum atomic E-state index is 14.9. The average molecular weight is 1360 g/mol. The summed E-state index contributed by atoms with van der Waals surface area (Å²) in [7, 11) is 0. The van der Waals surface area contributed by atoms with Crippen LogP contribution in [0.5, 0.6) is 5.75 Å². The third-order valence-corrected chi connectivity index (χ3v) is 18.4. The van der Waals surface area contributed by atoms with Crippen molar-refractivity contribution >= 4 is 35.6 Å². The fraction of sp³-hybridized carbons (Fsp3) is 0.380. The second kappa shape index (κ2) is 33.3. The lowest BCUT2D eigenvalue weighted by Gasteiger charge is -2.27. The lowest BCUT2D eigenvalue weighted by atomic mass is 9.89. The predicted molar refractivity (Wildman–Crippen MR) is 381 cm³/mol. The van der Waals surface area contributed by atoms with Crippen LogP contribution >= 0.6 is 0 Å². The zero-order valence-electron chi connectivity index (χ0n) is 58.4. The van der Waals surface area contributed by atoms with Crippen molar-refractivity contribution in [3.63, 3.8) is 0 Å². The maximum Gasteiger partial charge on any atom is 0.308 e. The predicted octanol–water partition coefficient (Wildman–Crippen LogP) is 12.3. The summed E-state index contributed by atoms with van der Waals surface area (Å²) < 4.78 is 16.1. The molecule has 0 spiro atoms. The lowest BCUT2D eigenvalue weighted by molar-refractivity contribution is -0.146. The van der Waals surface area contributed by atoms with Crippen LogP contribution in [0.1, 0.15) is 173 Å². The van der Waals surface area contributed by atoms with Crippen LogP contribution in [-0.2, 0) is 33.5 Å². The Kier molecular flexibility index (Phi) is 24.5. The summed E-state index contributed by atoms with van der Waals surface area (Å²) in [5, 5.41) is 29.1. The highest BCUT2D eigenvalue weighted by Crippen LogP contribution is 2.37. The Morgan fingerprint density at radius 2 is 1.03 bits per heavy atom. The summed E-state index contributed by atoms with van der Waals surface area (Å²) in [6.07, 6.45) is 13.2. The van der Waals surface area contributed by atoms with Crippen molar-refractivity contribution in [3.05, 3.63) is 228 Å². The molecule has 1 fully saturated rings. The molecule has 100 heavy (non-hydrogen) atoms. The van der Waals surface area contributed by atoms with Crippen LogP contribution in [0.3, 0.4) is 0 Å². The van der Waals surface area contributed by atoms with Crippen molar-refractivity contribution < 1.29 is 48.5 Å². The number of hydrogen-bond donors (Lipinski definition) is 5. The third-order valence-electron chi connectivity index (χ3n) is 18.4. The molecule has 5 heterocycles. The number of esters is 1. The fourth-order valence-electron chi connectivity index (χ4n) is 13.1. The molecule has 0 saturated heterocycles. The lowest BCUT2D eigenvalue weighted by Crippen LogP contribution is -2.40. The third kappa shape index (κ3) is 18.8. The number of carbonyl (C=O) groups excluding carboxylic acids is 4. The number of rotatable bonds is 31. The smallest absolute Gasteiger partial charge is 0.308 e. The Labute approximate surface area is 582 Å². The summed E-state index contributed by atoms with van der Waals surface area (Å²) in [4.78, 5) is 134. The van der Waals surface area contributed by atoms with E-state index in [9.17, 15) is 53.4 Å². The zero-order valence-corrected chi connectivity index (χ0v) is 58.4. The molecule has 9 rings (SSSR count). The molecular formula is C79H90N8O13. The minimum absolute atomic E-state index is 0.0339. The van der Waals surface area contributed by atoms with Crippen LogP contribution in [0, 0.1) is 52.4 Å². The Balaban J connectivity index is 0.980. The summed E-state index contributed by atoms with van der Waals surface area (Å²) >= 11 is 0. The first-order chi connectivity index (χ1) is 47.7. The van der Waals surface area contributed by atoms with Gasteiger partial charge in [0, 0.05) is 72.7 Å². The van der Waals surface area contributed by atoms with Gasteiger partial charge >= 0.3 is 17.9 Å². The van der Waals surface area contributed by atoms with E-state index < -0.39 is 108 Å². The molecule has 5 N–H and O–H groups in total. The van der Waals surface area contributed by atoms with Gasteiger partial charge in [-0.2, -0.15) is 0 Å². The highest BCUT2D eigenvalue weighted by molar-refractivity contribution is 5.85. The SMILES string of the molecule is Cc1ccn([C@@H](CC(C)C)C(=O)N[C@@H](CC(=O)OCC(C)C[C@H](C(=O)N[C@H](CC(=O)O)c2cncc(-c3c(C)cccc3C)c2)n2ccccc2=O)c2cncc(-c3c(C)ccc(-c4ccn(C(CC(C)C)C(=O)N[C@@H](CC(=O)O)c5cccc(OC6CCC6)c5)c(=O)c4)c3C)c2)c(=O)c1. The molecule has 524 valence electrons. The molecule has 0 bridgehead atoms. The largest absolute Gasteiger partial charge is 0.490 e. The number of benzene rings is 3. The molecule has 0 radical (unpaired) electrons. The van der Waals surface area contributed by atoms with Gasteiger partial charge in [0.25, 0.3) is 16.7 Å². The quantitative estimate of drug-likeness (QED) is 0.0252. The van der Waals surface area contributed by atoms with Crippen molar-refractivity contribution in [3.8, 4) is 39.1 Å². The van der Waals surface area contributed by atoms with Gasteiger partial charge in [0.05, 0.1) is 50.1 Å².